The van der Waals surface area contributed by atoms with Crippen LogP contribution in [-0.2, 0) is 6.18 Å². The fraction of sp³-hybridized carbons (Fsp3) is 0.462. The Morgan fingerprint density at radius 1 is 1.41 bits per heavy atom. The van der Waals surface area contributed by atoms with Crippen molar-refractivity contribution in [1.82, 2.24) is 4.90 Å². The maximum absolute atomic E-state index is 12.7. The molecule has 0 spiro atoms. The van der Waals surface area contributed by atoms with E-state index in [1.807, 2.05) is 0 Å². The minimum atomic E-state index is -4.56. The second kappa shape index (κ2) is 7.39. The van der Waals surface area contributed by atoms with Gasteiger partial charge in [0.25, 0.3) is 0 Å². The zero-order valence-corrected chi connectivity index (χ0v) is 13.1. The number of rotatable bonds is 1. The smallest absolute Gasteiger partial charge is 0.326 e. The van der Waals surface area contributed by atoms with Gasteiger partial charge in [-0.25, -0.2) is 4.79 Å². The fourth-order valence-electron chi connectivity index (χ4n) is 2.22. The molecule has 1 fully saturated rings. The van der Waals surface area contributed by atoms with E-state index >= 15 is 0 Å². The Morgan fingerprint density at radius 2 is 2.09 bits per heavy atom. The minimum Gasteiger partial charge on any atom is -0.326 e. The summed E-state index contributed by atoms with van der Waals surface area (Å²) in [6, 6.07) is 2.71. The highest BCUT2D eigenvalue weighted by Gasteiger charge is 2.33. The number of urea groups is 1. The van der Waals surface area contributed by atoms with Crippen LogP contribution in [0.3, 0.4) is 0 Å². The van der Waals surface area contributed by atoms with Crippen LogP contribution in [-0.4, -0.2) is 30.1 Å². The maximum Gasteiger partial charge on any atom is 0.417 e. The Hall–Kier alpha value is -1.18. The van der Waals surface area contributed by atoms with Crippen LogP contribution in [0.1, 0.15) is 18.4 Å². The Labute approximate surface area is 137 Å². The molecule has 0 unspecified atom stereocenters. The normalized spacial score (nSPS) is 18.6. The van der Waals surface area contributed by atoms with Gasteiger partial charge < -0.3 is 16.0 Å². The highest BCUT2D eigenvalue weighted by molar-refractivity contribution is 6.31. The SMILES string of the molecule is Cl.N[C@H]1CCCN(C(=O)Nc2ccc(Cl)c(C(F)(F)F)c2)C1. The fourth-order valence-corrected chi connectivity index (χ4v) is 2.44. The van der Waals surface area contributed by atoms with Crippen molar-refractivity contribution in [1.29, 1.82) is 0 Å². The van der Waals surface area contributed by atoms with Crippen LogP contribution in [0.25, 0.3) is 0 Å². The van der Waals surface area contributed by atoms with Gasteiger partial charge in [-0.05, 0) is 31.0 Å². The number of carbonyl (C=O) groups excluding carboxylic acids is 1. The van der Waals surface area contributed by atoms with E-state index in [1.54, 1.807) is 0 Å². The Kier molecular flexibility index (Phi) is 6.34. The molecule has 1 aromatic carbocycles. The first-order valence-electron chi connectivity index (χ1n) is 6.45. The third-order valence-corrected chi connectivity index (χ3v) is 3.60. The lowest BCUT2D eigenvalue weighted by Crippen LogP contribution is -2.47. The van der Waals surface area contributed by atoms with Crippen molar-refractivity contribution >= 4 is 35.7 Å². The average Bonchev–Trinajstić information content (AvgIpc) is 2.39. The standard InChI is InChI=1S/C13H15ClF3N3O.ClH/c14-11-4-3-9(6-10(11)13(15,16)17)19-12(21)20-5-1-2-8(18)7-20;/h3-4,6,8H,1-2,5,7,18H2,(H,19,21);1H/t8-;/m0./s1. The second-order valence-electron chi connectivity index (χ2n) is 4.97. The number of alkyl halides is 3. The summed E-state index contributed by atoms with van der Waals surface area (Å²) in [7, 11) is 0. The van der Waals surface area contributed by atoms with Crippen LogP contribution >= 0.6 is 24.0 Å². The topological polar surface area (TPSA) is 58.4 Å². The van der Waals surface area contributed by atoms with Crippen molar-refractivity contribution in [2.24, 2.45) is 5.73 Å². The molecule has 0 aliphatic carbocycles. The summed E-state index contributed by atoms with van der Waals surface area (Å²) in [4.78, 5) is 13.5. The highest BCUT2D eigenvalue weighted by Crippen LogP contribution is 2.36. The van der Waals surface area contributed by atoms with Gasteiger partial charge >= 0.3 is 12.2 Å². The number of carbonyl (C=O) groups is 1. The summed E-state index contributed by atoms with van der Waals surface area (Å²) in [5, 5.41) is 2.04. The molecule has 124 valence electrons. The van der Waals surface area contributed by atoms with Gasteiger partial charge in [-0.1, -0.05) is 11.6 Å². The molecule has 0 aromatic heterocycles. The van der Waals surface area contributed by atoms with Gasteiger partial charge in [-0.15, -0.1) is 12.4 Å². The van der Waals surface area contributed by atoms with Gasteiger partial charge in [0.1, 0.15) is 0 Å². The third kappa shape index (κ3) is 4.66. The summed E-state index contributed by atoms with van der Waals surface area (Å²) in [6.45, 7) is 0.935. The molecule has 1 atom stereocenters. The van der Waals surface area contributed by atoms with E-state index in [2.05, 4.69) is 5.32 Å². The van der Waals surface area contributed by atoms with Gasteiger partial charge in [0.15, 0.2) is 0 Å². The Bertz CT molecular complexity index is 540. The Morgan fingerprint density at radius 3 is 2.68 bits per heavy atom. The van der Waals surface area contributed by atoms with Crippen molar-refractivity contribution in [3.63, 3.8) is 0 Å². The van der Waals surface area contributed by atoms with Crippen LogP contribution in [0.4, 0.5) is 23.7 Å². The number of amides is 2. The molecule has 22 heavy (non-hydrogen) atoms. The monoisotopic (exact) mass is 357 g/mol. The summed E-state index contributed by atoms with van der Waals surface area (Å²) in [5.74, 6) is 0. The first-order chi connectivity index (χ1) is 9.77. The molecule has 1 aliphatic rings. The van der Waals surface area contributed by atoms with Crippen LogP contribution in [0.15, 0.2) is 18.2 Å². The third-order valence-electron chi connectivity index (χ3n) is 3.27. The molecule has 2 amide bonds. The van der Waals surface area contributed by atoms with E-state index in [9.17, 15) is 18.0 Å². The minimum absolute atomic E-state index is 0. The van der Waals surface area contributed by atoms with Crippen LogP contribution in [0.5, 0.6) is 0 Å². The molecular weight excluding hydrogens is 342 g/mol. The molecule has 1 saturated heterocycles. The number of anilines is 1. The van der Waals surface area contributed by atoms with Crippen molar-refractivity contribution in [3.8, 4) is 0 Å². The van der Waals surface area contributed by atoms with E-state index in [4.69, 9.17) is 17.3 Å². The van der Waals surface area contributed by atoms with E-state index in [-0.39, 0.29) is 24.1 Å². The van der Waals surface area contributed by atoms with E-state index < -0.39 is 22.8 Å². The predicted molar refractivity (Wildman–Crippen MR) is 81.5 cm³/mol. The molecule has 0 bridgehead atoms. The number of halogens is 5. The van der Waals surface area contributed by atoms with Gasteiger partial charge in [0, 0.05) is 24.8 Å². The van der Waals surface area contributed by atoms with Crippen LogP contribution in [0, 0.1) is 0 Å². The number of nitrogens with zero attached hydrogens (tertiary/aromatic N) is 1. The molecule has 4 nitrogen and oxygen atoms in total. The zero-order valence-electron chi connectivity index (χ0n) is 11.5. The molecule has 1 aliphatic heterocycles. The van der Waals surface area contributed by atoms with Crippen molar-refractivity contribution in [2.75, 3.05) is 18.4 Å². The van der Waals surface area contributed by atoms with Gasteiger partial charge in [0.2, 0.25) is 0 Å². The van der Waals surface area contributed by atoms with Crippen LogP contribution < -0.4 is 11.1 Å². The van der Waals surface area contributed by atoms with E-state index in [1.165, 1.54) is 11.0 Å². The van der Waals surface area contributed by atoms with Gasteiger partial charge in [0.05, 0.1) is 10.6 Å². The molecule has 9 heteroatoms. The number of nitrogens with one attached hydrogen (secondary N) is 1. The lowest BCUT2D eigenvalue weighted by Gasteiger charge is -2.30. The largest absolute Gasteiger partial charge is 0.417 e. The van der Waals surface area contributed by atoms with Crippen molar-refractivity contribution in [3.05, 3.63) is 28.8 Å². The van der Waals surface area contributed by atoms with E-state index in [0.29, 0.717) is 13.1 Å². The number of benzene rings is 1. The lowest BCUT2D eigenvalue weighted by atomic mass is 10.1. The van der Waals surface area contributed by atoms with Gasteiger partial charge in [-0.3, -0.25) is 0 Å². The molecule has 1 heterocycles. The quantitative estimate of drug-likeness (QED) is 0.804. The number of likely N-dealkylation sites (tertiary alicyclic amines) is 1. The highest BCUT2D eigenvalue weighted by atomic mass is 35.5. The first-order valence-corrected chi connectivity index (χ1v) is 6.83. The Balaban J connectivity index is 0.00000242. The average molecular weight is 358 g/mol. The molecule has 0 saturated carbocycles. The van der Waals surface area contributed by atoms with Crippen molar-refractivity contribution < 1.29 is 18.0 Å². The molecule has 0 radical (unpaired) electrons. The summed E-state index contributed by atoms with van der Waals surface area (Å²) < 4.78 is 38.2. The van der Waals surface area contributed by atoms with E-state index in [0.717, 1.165) is 25.0 Å². The first kappa shape index (κ1) is 18.9. The number of nitrogens with two attached hydrogens (primary N) is 1. The zero-order chi connectivity index (χ0) is 15.6. The molecule has 1 aromatic rings. The lowest BCUT2D eigenvalue weighted by molar-refractivity contribution is -0.137. The van der Waals surface area contributed by atoms with Crippen LogP contribution in [0.2, 0.25) is 5.02 Å². The molecule has 3 N–H and O–H groups in total. The summed E-state index contributed by atoms with van der Waals surface area (Å²) in [6.07, 6.45) is -2.95. The number of hydrogen-bond donors (Lipinski definition) is 2. The number of piperidine rings is 1. The maximum atomic E-state index is 12.7. The summed E-state index contributed by atoms with van der Waals surface area (Å²) >= 11 is 5.53. The number of hydrogen-bond acceptors (Lipinski definition) is 2. The molecular formula is C13H16Cl2F3N3O. The second-order valence-corrected chi connectivity index (χ2v) is 5.38. The van der Waals surface area contributed by atoms with Gasteiger partial charge in [-0.2, -0.15) is 13.2 Å². The summed E-state index contributed by atoms with van der Waals surface area (Å²) in [5.41, 5.74) is 4.85. The van der Waals surface area contributed by atoms with Crippen molar-refractivity contribution in [2.45, 2.75) is 25.1 Å². The predicted octanol–water partition coefficient (Wildman–Crippen LogP) is 3.74. The molecule has 2 rings (SSSR count).